The molecule has 0 saturated carbocycles. The number of hydrogen-bond acceptors (Lipinski definition) is 2. The zero-order chi connectivity index (χ0) is 8.41. The molecule has 0 aromatic rings. The first kappa shape index (κ1) is 9.57. The molecule has 0 fully saturated rings. The third-order valence-electron chi connectivity index (χ3n) is 0.409. The van der Waals surface area contributed by atoms with Crippen molar-refractivity contribution in [1.82, 2.24) is 0 Å². The van der Waals surface area contributed by atoms with Crippen molar-refractivity contribution in [3.63, 3.8) is 0 Å². The summed E-state index contributed by atoms with van der Waals surface area (Å²) in [6.07, 6.45) is -9.57. The van der Waals surface area contributed by atoms with Crippen LogP contribution >= 0.6 is 0 Å². The predicted molar refractivity (Wildman–Crippen MR) is 19.2 cm³/mol. The first-order chi connectivity index (χ1) is 4.21. The monoisotopic (exact) mass is 166 g/mol. The van der Waals surface area contributed by atoms with E-state index in [1.54, 1.807) is 0 Å². The summed E-state index contributed by atoms with van der Waals surface area (Å²) in [5, 5.41) is 7.33. The molecule has 0 aliphatic carbocycles. The maximum absolute atomic E-state index is 11.1. The lowest BCUT2D eigenvalue weighted by molar-refractivity contribution is -0.391. The molecule has 0 aromatic heterocycles. The molecule has 2 nitrogen and oxygen atoms in total. The number of alkyl halides is 5. The van der Waals surface area contributed by atoms with E-state index in [-0.39, 0.29) is 0 Å². The fraction of sp³-hybridized carbons (Fsp3) is 1.00. The second-order valence-electron chi connectivity index (χ2n) is 1.39. The zero-order valence-corrected chi connectivity index (χ0v) is 4.45. The third-order valence-corrected chi connectivity index (χ3v) is 0.409. The van der Waals surface area contributed by atoms with Gasteiger partial charge in [0.15, 0.2) is 6.61 Å². The fourth-order valence-corrected chi connectivity index (χ4v) is 0.169. The van der Waals surface area contributed by atoms with Crippen LogP contribution in [-0.4, -0.2) is 24.2 Å². The van der Waals surface area contributed by atoms with Crippen LogP contribution in [0.3, 0.4) is 0 Å². The lowest BCUT2D eigenvalue weighted by atomic mass is 10.7. The van der Waals surface area contributed by atoms with Gasteiger partial charge in [-0.1, -0.05) is 0 Å². The van der Waals surface area contributed by atoms with Crippen LogP contribution in [0, 0.1) is 0 Å². The Bertz CT molecular complexity index is 88.4. The average molecular weight is 166 g/mol. The molecule has 0 bridgehead atoms. The zero-order valence-electron chi connectivity index (χ0n) is 4.45. The van der Waals surface area contributed by atoms with E-state index in [2.05, 4.69) is 4.74 Å². The molecular weight excluding hydrogens is 163 g/mol. The summed E-state index contributed by atoms with van der Waals surface area (Å²) in [7, 11) is 0. The molecule has 62 valence electrons. The average Bonchev–Trinajstić information content (AvgIpc) is 1.57. The molecular formula is C3H3F5O2. The molecule has 0 aliphatic heterocycles. The van der Waals surface area contributed by atoms with Crippen molar-refractivity contribution in [1.29, 1.82) is 0 Å². The van der Waals surface area contributed by atoms with Crippen LogP contribution in [0.4, 0.5) is 22.0 Å². The summed E-state index contributed by atoms with van der Waals surface area (Å²) in [4.78, 5) is 0. The SMILES string of the molecule is OC(F)(F)OCC(F)(F)F. The minimum absolute atomic E-state index is 2.17. The molecule has 0 unspecified atom stereocenters. The van der Waals surface area contributed by atoms with E-state index in [0.717, 1.165) is 0 Å². The molecule has 0 spiro atoms. The van der Waals surface area contributed by atoms with Crippen molar-refractivity contribution in [2.45, 2.75) is 12.5 Å². The van der Waals surface area contributed by atoms with Crippen molar-refractivity contribution >= 4 is 0 Å². The molecule has 0 saturated heterocycles. The highest BCUT2D eigenvalue weighted by atomic mass is 19.4. The lowest BCUT2D eigenvalue weighted by Crippen LogP contribution is -2.27. The minimum atomic E-state index is -4.86. The fourth-order valence-electron chi connectivity index (χ4n) is 0.169. The van der Waals surface area contributed by atoms with Gasteiger partial charge in [0, 0.05) is 0 Å². The van der Waals surface area contributed by atoms with Crippen LogP contribution < -0.4 is 0 Å². The van der Waals surface area contributed by atoms with Gasteiger partial charge in [-0.3, -0.25) is 4.74 Å². The van der Waals surface area contributed by atoms with E-state index in [0.29, 0.717) is 0 Å². The van der Waals surface area contributed by atoms with Gasteiger partial charge in [0.05, 0.1) is 0 Å². The van der Waals surface area contributed by atoms with Crippen LogP contribution in [0.25, 0.3) is 0 Å². The molecule has 0 heterocycles. The summed E-state index contributed by atoms with van der Waals surface area (Å²) in [6, 6.07) is 0. The minimum Gasteiger partial charge on any atom is -0.311 e. The first-order valence-corrected chi connectivity index (χ1v) is 2.01. The summed E-state index contributed by atoms with van der Waals surface area (Å²) in [5.41, 5.74) is 0. The van der Waals surface area contributed by atoms with E-state index in [1.807, 2.05) is 0 Å². The molecule has 0 rings (SSSR count). The van der Waals surface area contributed by atoms with Crippen LogP contribution in [0.5, 0.6) is 0 Å². The molecule has 0 radical (unpaired) electrons. The van der Waals surface area contributed by atoms with E-state index in [4.69, 9.17) is 5.11 Å². The highest BCUT2D eigenvalue weighted by Gasteiger charge is 2.35. The largest absolute Gasteiger partial charge is 0.483 e. The van der Waals surface area contributed by atoms with E-state index in [9.17, 15) is 22.0 Å². The van der Waals surface area contributed by atoms with Crippen LogP contribution in [-0.2, 0) is 4.74 Å². The van der Waals surface area contributed by atoms with E-state index >= 15 is 0 Å². The van der Waals surface area contributed by atoms with Crippen LogP contribution in [0.1, 0.15) is 0 Å². The molecule has 0 aromatic carbocycles. The van der Waals surface area contributed by atoms with Crippen molar-refractivity contribution in [2.24, 2.45) is 0 Å². The normalized spacial score (nSPS) is 13.8. The Hall–Kier alpha value is -0.430. The topological polar surface area (TPSA) is 29.5 Å². The highest BCUT2D eigenvalue weighted by Crippen LogP contribution is 2.19. The Morgan fingerprint density at radius 2 is 1.50 bits per heavy atom. The summed E-state index contributed by atoms with van der Waals surface area (Å²) in [5.74, 6) is 0. The van der Waals surface area contributed by atoms with E-state index < -0.39 is 19.1 Å². The predicted octanol–water partition coefficient (Wildman–Crippen LogP) is 1.11. The second-order valence-corrected chi connectivity index (χ2v) is 1.39. The van der Waals surface area contributed by atoms with Crippen molar-refractivity contribution in [2.75, 3.05) is 6.61 Å². The molecule has 0 aliphatic rings. The summed E-state index contributed by atoms with van der Waals surface area (Å²) >= 11 is 0. The van der Waals surface area contributed by atoms with Gasteiger partial charge in [-0.25, -0.2) is 0 Å². The van der Waals surface area contributed by atoms with Crippen molar-refractivity contribution in [3.05, 3.63) is 0 Å². The quantitative estimate of drug-likeness (QED) is 0.491. The van der Waals surface area contributed by atoms with Gasteiger partial charge in [0.2, 0.25) is 0 Å². The molecule has 0 amide bonds. The van der Waals surface area contributed by atoms with Gasteiger partial charge >= 0.3 is 12.5 Å². The van der Waals surface area contributed by atoms with Gasteiger partial charge in [-0.05, 0) is 0 Å². The van der Waals surface area contributed by atoms with Gasteiger partial charge in [0.25, 0.3) is 0 Å². The lowest BCUT2D eigenvalue weighted by Gasteiger charge is -2.10. The second kappa shape index (κ2) is 2.67. The number of halogens is 5. The summed E-state index contributed by atoms with van der Waals surface area (Å²) in [6.45, 7) is -2.17. The highest BCUT2D eigenvalue weighted by molar-refractivity contribution is 4.45. The Morgan fingerprint density at radius 1 is 1.10 bits per heavy atom. The number of ether oxygens (including phenoxy) is 1. The smallest absolute Gasteiger partial charge is 0.311 e. The Kier molecular flexibility index (Phi) is 2.55. The van der Waals surface area contributed by atoms with Gasteiger partial charge in [-0.15, -0.1) is 8.78 Å². The maximum atomic E-state index is 11.1. The third kappa shape index (κ3) is 7.57. The number of rotatable bonds is 2. The Labute approximate surface area is 52.2 Å². The van der Waals surface area contributed by atoms with Crippen LogP contribution in [0.15, 0.2) is 0 Å². The maximum Gasteiger partial charge on any atom is 0.483 e. The van der Waals surface area contributed by atoms with Crippen LogP contribution in [0.2, 0.25) is 0 Å². The number of hydrogen-bond donors (Lipinski definition) is 1. The van der Waals surface area contributed by atoms with Gasteiger partial charge in [-0.2, -0.15) is 13.2 Å². The standard InChI is InChI=1S/C3H3F5O2/c4-2(5,6)1-10-3(7,8)9/h9H,1H2. The molecule has 10 heavy (non-hydrogen) atoms. The molecule has 7 heteroatoms. The van der Waals surface area contributed by atoms with E-state index in [1.165, 1.54) is 0 Å². The van der Waals surface area contributed by atoms with Gasteiger partial charge in [0.1, 0.15) is 0 Å². The number of aliphatic hydroxyl groups is 1. The van der Waals surface area contributed by atoms with Crippen molar-refractivity contribution < 1.29 is 31.8 Å². The summed E-state index contributed by atoms with van der Waals surface area (Å²) < 4.78 is 57.9. The van der Waals surface area contributed by atoms with Gasteiger partial charge < -0.3 is 5.11 Å². The Morgan fingerprint density at radius 3 is 1.60 bits per heavy atom. The molecule has 1 N–H and O–H groups in total. The van der Waals surface area contributed by atoms with Crippen molar-refractivity contribution in [3.8, 4) is 0 Å². The molecule has 0 atom stereocenters. The first-order valence-electron chi connectivity index (χ1n) is 2.01. The Balaban J connectivity index is 3.56.